The standard InChI is InChI=1S/C66H45N3O/c1-41(2)46-28-32-61-60(39-46)58-31-30-56-54-25-15-16-26-55(54)59-40-47(27-29-57(59)62(56)63(58)70-61)64-67-65(52-35-48(42-17-7-3-8-18-42)33-49(36-52)43-19-9-4-10-20-43)69-66(68-64)53-37-50(44-21-11-5-12-22-44)34-51(38-53)45-23-13-6-14-24-45/h3-41H,1-2H3. The minimum Gasteiger partial charge on any atom is -0.455 e. The Bertz CT molecular complexity index is 3860. The SMILES string of the molecule is CC(C)c1ccc2oc3c(ccc4c5ccccc5c5cc(-c6nc(-c7cc(-c8ccccc8)cc(-c8ccccc8)c7)nc(-c7cc(-c8ccccc8)cc(-c8ccccc8)c7)n6)ccc5c43)c2c1. The molecule has 0 aliphatic heterocycles. The van der Waals surface area contributed by atoms with Crippen molar-refractivity contribution in [2.45, 2.75) is 19.8 Å². The second kappa shape index (κ2) is 17.0. The molecule has 4 nitrogen and oxygen atoms in total. The minimum atomic E-state index is 0.409. The van der Waals surface area contributed by atoms with Gasteiger partial charge in [0.25, 0.3) is 0 Å². The molecule has 0 aliphatic rings. The van der Waals surface area contributed by atoms with Crippen LogP contribution in [0.2, 0.25) is 0 Å². The van der Waals surface area contributed by atoms with Crippen LogP contribution in [0.25, 0.3) is 133 Å². The van der Waals surface area contributed by atoms with Gasteiger partial charge < -0.3 is 4.42 Å². The highest BCUT2D eigenvalue weighted by molar-refractivity contribution is 6.32. The van der Waals surface area contributed by atoms with Gasteiger partial charge in [0.1, 0.15) is 11.2 Å². The molecule has 0 unspecified atom stereocenters. The molecule has 0 saturated carbocycles. The molecule has 11 aromatic carbocycles. The molecule has 4 heteroatoms. The third kappa shape index (κ3) is 7.29. The Labute approximate surface area is 406 Å². The van der Waals surface area contributed by atoms with Gasteiger partial charge in [-0.3, -0.25) is 0 Å². The van der Waals surface area contributed by atoms with Crippen molar-refractivity contribution in [3.63, 3.8) is 0 Å². The van der Waals surface area contributed by atoms with Gasteiger partial charge in [-0.05, 0) is 144 Å². The molecule has 2 aromatic heterocycles. The molecule has 70 heavy (non-hydrogen) atoms. The van der Waals surface area contributed by atoms with Crippen LogP contribution in [-0.2, 0) is 0 Å². The summed E-state index contributed by atoms with van der Waals surface area (Å²) in [5, 5.41) is 9.08. The van der Waals surface area contributed by atoms with Gasteiger partial charge in [0.2, 0.25) is 0 Å². The lowest BCUT2D eigenvalue weighted by Crippen LogP contribution is -2.01. The Balaban J connectivity index is 1.08. The van der Waals surface area contributed by atoms with E-state index in [0.717, 1.165) is 110 Å². The number of furan rings is 1. The topological polar surface area (TPSA) is 51.8 Å². The van der Waals surface area contributed by atoms with Crippen molar-refractivity contribution in [2.24, 2.45) is 0 Å². The fraction of sp³-hybridized carbons (Fsp3) is 0.0455. The highest BCUT2D eigenvalue weighted by atomic mass is 16.3. The van der Waals surface area contributed by atoms with Crippen molar-refractivity contribution >= 4 is 54.3 Å². The van der Waals surface area contributed by atoms with Gasteiger partial charge in [0.15, 0.2) is 17.5 Å². The number of hydrogen-bond donors (Lipinski definition) is 0. The molecule has 0 N–H and O–H groups in total. The molecule has 0 spiro atoms. The zero-order valence-electron chi connectivity index (χ0n) is 38.8. The van der Waals surface area contributed by atoms with Crippen LogP contribution < -0.4 is 0 Å². The van der Waals surface area contributed by atoms with Crippen molar-refractivity contribution in [1.82, 2.24) is 15.0 Å². The van der Waals surface area contributed by atoms with Crippen LogP contribution in [-0.4, -0.2) is 15.0 Å². The highest BCUT2D eigenvalue weighted by Crippen LogP contribution is 2.44. The van der Waals surface area contributed by atoms with Crippen molar-refractivity contribution in [3.8, 4) is 78.7 Å². The average molecular weight is 896 g/mol. The summed E-state index contributed by atoms with van der Waals surface area (Å²) in [5.74, 6) is 2.18. The molecule has 330 valence electrons. The van der Waals surface area contributed by atoms with E-state index in [0.29, 0.717) is 23.4 Å². The second-order valence-corrected chi connectivity index (χ2v) is 18.6. The molecule has 0 bridgehead atoms. The first-order valence-electron chi connectivity index (χ1n) is 24.0. The zero-order valence-corrected chi connectivity index (χ0v) is 38.8. The lowest BCUT2D eigenvalue weighted by Gasteiger charge is -2.15. The van der Waals surface area contributed by atoms with E-state index in [4.69, 9.17) is 19.4 Å². The quantitative estimate of drug-likeness (QED) is 0.143. The maximum Gasteiger partial charge on any atom is 0.164 e. The Morgan fingerprint density at radius 2 is 0.686 bits per heavy atom. The lowest BCUT2D eigenvalue weighted by molar-refractivity contribution is 0.672. The summed E-state index contributed by atoms with van der Waals surface area (Å²) < 4.78 is 6.84. The first-order valence-corrected chi connectivity index (χ1v) is 24.0. The summed E-state index contributed by atoms with van der Waals surface area (Å²) in [4.78, 5) is 16.3. The van der Waals surface area contributed by atoms with E-state index in [9.17, 15) is 0 Å². The predicted octanol–water partition coefficient (Wildman–Crippen LogP) is 18.0. The maximum atomic E-state index is 6.84. The van der Waals surface area contributed by atoms with E-state index in [1.807, 2.05) is 0 Å². The number of benzene rings is 11. The van der Waals surface area contributed by atoms with E-state index in [1.165, 1.54) is 10.9 Å². The summed E-state index contributed by atoms with van der Waals surface area (Å²) in [7, 11) is 0. The molecular formula is C66H45N3O. The Kier molecular flexibility index (Phi) is 9.98. The number of nitrogens with zero attached hydrogens (tertiary/aromatic N) is 3. The van der Waals surface area contributed by atoms with Gasteiger partial charge in [-0.2, -0.15) is 0 Å². The smallest absolute Gasteiger partial charge is 0.164 e. The Morgan fingerprint density at radius 1 is 0.286 bits per heavy atom. The van der Waals surface area contributed by atoms with Crippen LogP contribution in [0.1, 0.15) is 25.3 Å². The first-order chi connectivity index (χ1) is 34.5. The molecule has 13 rings (SSSR count). The molecular weight excluding hydrogens is 851 g/mol. The van der Waals surface area contributed by atoms with E-state index in [2.05, 4.69) is 244 Å². The van der Waals surface area contributed by atoms with Crippen molar-refractivity contribution < 1.29 is 4.42 Å². The third-order valence-electron chi connectivity index (χ3n) is 13.8. The van der Waals surface area contributed by atoms with Gasteiger partial charge in [0.05, 0.1) is 0 Å². The van der Waals surface area contributed by atoms with Gasteiger partial charge in [-0.1, -0.05) is 184 Å². The summed E-state index contributed by atoms with van der Waals surface area (Å²) in [6, 6.07) is 82.0. The number of aromatic nitrogens is 3. The summed E-state index contributed by atoms with van der Waals surface area (Å²) in [6.07, 6.45) is 0. The van der Waals surface area contributed by atoms with Crippen LogP contribution in [0, 0.1) is 0 Å². The van der Waals surface area contributed by atoms with E-state index in [1.54, 1.807) is 0 Å². The molecule has 0 amide bonds. The van der Waals surface area contributed by atoms with Crippen LogP contribution >= 0.6 is 0 Å². The fourth-order valence-electron chi connectivity index (χ4n) is 10.3. The second-order valence-electron chi connectivity index (χ2n) is 18.6. The minimum absolute atomic E-state index is 0.409. The number of rotatable bonds is 8. The lowest BCUT2D eigenvalue weighted by atomic mass is 9.91. The van der Waals surface area contributed by atoms with E-state index < -0.39 is 0 Å². The van der Waals surface area contributed by atoms with Crippen molar-refractivity contribution in [3.05, 3.63) is 236 Å². The van der Waals surface area contributed by atoms with Gasteiger partial charge in [0, 0.05) is 32.8 Å². The number of hydrogen-bond acceptors (Lipinski definition) is 4. The summed E-state index contributed by atoms with van der Waals surface area (Å²) in [5.41, 5.74) is 14.6. The van der Waals surface area contributed by atoms with E-state index >= 15 is 0 Å². The summed E-state index contributed by atoms with van der Waals surface area (Å²) in [6.45, 7) is 4.48. The zero-order chi connectivity index (χ0) is 46.7. The molecule has 0 fully saturated rings. The normalized spacial score (nSPS) is 11.7. The van der Waals surface area contributed by atoms with Gasteiger partial charge in [-0.25, -0.2) is 15.0 Å². The van der Waals surface area contributed by atoms with Crippen molar-refractivity contribution in [1.29, 1.82) is 0 Å². The van der Waals surface area contributed by atoms with Crippen LogP contribution in [0.4, 0.5) is 0 Å². The monoisotopic (exact) mass is 895 g/mol. The molecule has 0 radical (unpaired) electrons. The van der Waals surface area contributed by atoms with Crippen LogP contribution in [0.5, 0.6) is 0 Å². The first kappa shape index (κ1) is 41.2. The molecule has 13 aromatic rings. The Hall–Kier alpha value is -8.99. The third-order valence-corrected chi connectivity index (χ3v) is 13.8. The van der Waals surface area contributed by atoms with Crippen LogP contribution in [0.3, 0.4) is 0 Å². The molecule has 0 aliphatic carbocycles. The fourth-order valence-corrected chi connectivity index (χ4v) is 10.3. The van der Waals surface area contributed by atoms with Gasteiger partial charge >= 0.3 is 0 Å². The average Bonchev–Trinajstić information content (AvgIpc) is 3.82. The molecule has 0 atom stereocenters. The largest absolute Gasteiger partial charge is 0.455 e. The molecule has 0 saturated heterocycles. The maximum absolute atomic E-state index is 6.84. The predicted molar refractivity (Wildman–Crippen MR) is 292 cm³/mol. The summed E-state index contributed by atoms with van der Waals surface area (Å²) >= 11 is 0. The van der Waals surface area contributed by atoms with Crippen LogP contribution in [0.15, 0.2) is 235 Å². The van der Waals surface area contributed by atoms with E-state index in [-0.39, 0.29) is 0 Å². The molecule has 2 heterocycles. The number of fused-ring (bicyclic) bond motifs is 10. The highest BCUT2D eigenvalue weighted by Gasteiger charge is 2.20. The van der Waals surface area contributed by atoms with Crippen molar-refractivity contribution in [2.75, 3.05) is 0 Å². The Morgan fingerprint density at radius 3 is 1.17 bits per heavy atom. The van der Waals surface area contributed by atoms with Gasteiger partial charge in [-0.15, -0.1) is 0 Å².